The molecule has 0 unspecified atom stereocenters. The summed E-state index contributed by atoms with van der Waals surface area (Å²) in [6.45, 7) is 4.83. The number of nitrogens with two attached hydrogens (primary N) is 2. The van der Waals surface area contributed by atoms with Gasteiger partial charge in [-0.2, -0.15) is 0 Å². The third-order valence-corrected chi connectivity index (χ3v) is 9.69. The van der Waals surface area contributed by atoms with E-state index in [4.69, 9.17) is 11.5 Å². The van der Waals surface area contributed by atoms with Crippen molar-refractivity contribution in [3.63, 3.8) is 0 Å². The third-order valence-electron chi connectivity index (χ3n) is 5.65. The molecule has 0 aliphatic heterocycles. The summed E-state index contributed by atoms with van der Waals surface area (Å²) in [5, 5.41) is 18.3. The first kappa shape index (κ1) is 38.2. The maximum absolute atomic E-state index is 9.17. The summed E-state index contributed by atoms with van der Waals surface area (Å²) >= 11 is 0.0377. The van der Waals surface area contributed by atoms with Crippen LogP contribution in [0.3, 0.4) is 0 Å². The maximum atomic E-state index is 9.17. The van der Waals surface area contributed by atoms with Crippen LogP contribution in [-0.2, 0) is 0 Å². The molecule has 0 aromatic carbocycles. The molecule has 200 valence electrons. The van der Waals surface area contributed by atoms with E-state index >= 15 is 0 Å². The van der Waals surface area contributed by atoms with Crippen LogP contribution in [-0.4, -0.2) is 47.4 Å². The van der Waals surface area contributed by atoms with E-state index in [0.717, 1.165) is 0 Å². The minimum atomic E-state index is -0.153. The molecule has 0 spiro atoms. The molecule has 5 heteroatoms. The first-order chi connectivity index (χ1) is 16.2. The monoisotopic (exact) mass is 578 g/mol. The Hall–Kier alpha value is 0.639. The summed E-state index contributed by atoms with van der Waals surface area (Å²) in [7, 11) is 0. The average Bonchev–Trinajstić information content (AvgIpc) is 2.85. The Morgan fingerprint density at radius 1 is 0.424 bits per heavy atom. The van der Waals surface area contributed by atoms with E-state index in [9.17, 15) is 10.2 Å². The van der Waals surface area contributed by atoms with Crippen molar-refractivity contribution >= 4 is 21.1 Å². The zero-order valence-corrected chi connectivity index (χ0v) is 25.7. The third kappa shape index (κ3) is 50.5. The molecule has 0 atom stereocenters. The molecule has 0 bridgehead atoms. The van der Waals surface area contributed by atoms with Gasteiger partial charge in [-0.3, -0.25) is 0 Å². The minimum Gasteiger partial charge on any atom is -0.854 e. The fraction of sp³-hybridized carbons (Fsp3) is 1.00. The first-order valence-corrected chi connectivity index (χ1v) is 18.6. The predicted octanol–water partition coefficient (Wildman–Crippen LogP) is 5.98. The van der Waals surface area contributed by atoms with Gasteiger partial charge >= 0.3 is 172 Å². The Kier molecular flexibility index (Phi) is 49.5. The van der Waals surface area contributed by atoms with Crippen molar-refractivity contribution in [2.24, 2.45) is 11.5 Å². The van der Waals surface area contributed by atoms with Crippen LogP contribution >= 0.6 is 0 Å². The molecule has 0 aliphatic carbocycles. The van der Waals surface area contributed by atoms with Crippen LogP contribution in [0.5, 0.6) is 0 Å². The number of hydrogen-bond acceptors (Lipinski definition) is 4. The van der Waals surface area contributed by atoms with Crippen molar-refractivity contribution in [2.75, 3.05) is 26.3 Å². The van der Waals surface area contributed by atoms with Crippen LogP contribution < -0.4 is 21.7 Å². The topological polar surface area (TPSA) is 98.2 Å². The average molecular weight is 578 g/mol. The van der Waals surface area contributed by atoms with Gasteiger partial charge in [-0.25, -0.2) is 0 Å². The molecule has 0 saturated carbocycles. The van der Waals surface area contributed by atoms with Crippen molar-refractivity contribution in [3.8, 4) is 0 Å². The van der Waals surface area contributed by atoms with Gasteiger partial charge in [0.05, 0.1) is 0 Å². The van der Waals surface area contributed by atoms with Gasteiger partial charge in [0.25, 0.3) is 0 Å². The molecule has 4 N–H and O–H groups in total. The summed E-state index contributed by atoms with van der Waals surface area (Å²) in [4.78, 5) is 0. The van der Waals surface area contributed by atoms with Gasteiger partial charge in [0.2, 0.25) is 0 Å². The van der Waals surface area contributed by atoms with E-state index in [2.05, 4.69) is 13.8 Å². The van der Waals surface area contributed by atoms with Crippen LogP contribution in [0.25, 0.3) is 0 Å². The van der Waals surface area contributed by atoms with Gasteiger partial charge < -0.3 is 21.7 Å². The second-order valence-corrected chi connectivity index (χ2v) is 13.4. The summed E-state index contributed by atoms with van der Waals surface area (Å²) < 4.78 is 3.33. The molecule has 0 saturated heterocycles. The van der Waals surface area contributed by atoms with Crippen molar-refractivity contribution in [3.05, 3.63) is 0 Å². The minimum absolute atomic E-state index is 0.0377. The van der Waals surface area contributed by atoms with Gasteiger partial charge in [-0.05, 0) is 13.1 Å². The SMILES string of the molecule is CCCCCCCCCCC[CH2][Sn+2][CH2]CCCCCCCCCCC.NCC[O-].NCC[O-]. The summed E-state index contributed by atoms with van der Waals surface area (Å²) in [5.41, 5.74) is 9.43. The molecule has 0 aromatic rings. The number of hydrogen-bond donors (Lipinski definition) is 2. The smallest absolute Gasteiger partial charge is 0.854 e. The summed E-state index contributed by atoms with van der Waals surface area (Å²) in [6, 6.07) is 0. The van der Waals surface area contributed by atoms with Gasteiger partial charge in [0, 0.05) is 0 Å². The standard InChI is InChI=1S/2C12H25.2C2H6NO.Sn/c2*1-3-5-7-9-11-12-10-8-6-4-2;2*3-1-2-4;/h2*1,3-12H2,2H3;2*1-3H2;/q;;2*-1;+2. The van der Waals surface area contributed by atoms with E-state index in [1.165, 1.54) is 116 Å². The molecule has 0 radical (unpaired) electrons. The molecule has 0 aromatic heterocycles. The van der Waals surface area contributed by atoms with E-state index in [1.807, 2.05) is 0 Å². The molecule has 0 rings (SSSR count). The Balaban J connectivity index is -0.000000962. The van der Waals surface area contributed by atoms with E-state index < -0.39 is 0 Å². The quantitative estimate of drug-likeness (QED) is 0.109. The zero-order chi connectivity index (χ0) is 25.1. The van der Waals surface area contributed by atoms with Gasteiger partial charge in [-0.15, -0.1) is 13.2 Å². The van der Waals surface area contributed by atoms with E-state index in [1.54, 1.807) is 21.7 Å². The fourth-order valence-electron chi connectivity index (χ4n) is 3.60. The van der Waals surface area contributed by atoms with E-state index in [0.29, 0.717) is 0 Å². The Bertz CT molecular complexity index is 255. The molecule has 33 heavy (non-hydrogen) atoms. The van der Waals surface area contributed by atoms with Gasteiger partial charge in [-0.1, -0.05) is 0 Å². The second kappa shape index (κ2) is 42.8. The van der Waals surface area contributed by atoms with Crippen molar-refractivity contribution in [1.82, 2.24) is 0 Å². The Morgan fingerprint density at radius 3 is 0.848 bits per heavy atom. The molecule has 0 amide bonds. The summed E-state index contributed by atoms with van der Waals surface area (Å²) in [5.74, 6) is 0. The van der Waals surface area contributed by atoms with Crippen LogP contribution in [0.15, 0.2) is 0 Å². The van der Waals surface area contributed by atoms with Crippen LogP contribution in [0.2, 0.25) is 8.87 Å². The number of rotatable bonds is 24. The molecule has 0 heterocycles. The van der Waals surface area contributed by atoms with E-state index in [-0.39, 0.29) is 47.4 Å². The predicted molar refractivity (Wildman–Crippen MR) is 147 cm³/mol. The van der Waals surface area contributed by atoms with Crippen LogP contribution in [0.1, 0.15) is 142 Å². The molecule has 0 fully saturated rings. The second-order valence-electron chi connectivity index (χ2n) is 9.10. The zero-order valence-electron chi connectivity index (χ0n) is 22.9. The van der Waals surface area contributed by atoms with Crippen molar-refractivity contribution < 1.29 is 10.2 Å². The van der Waals surface area contributed by atoms with Crippen LogP contribution in [0.4, 0.5) is 0 Å². The van der Waals surface area contributed by atoms with Crippen molar-refractivity contribution in [2.45, 2.75) is 151 Å². The normalized spacial score (nSPS) is 10.1. The number of unbranched alkanes of at least 4 members (excludes halogenated alkanes) is 18. The van der Waals surface area contributed by atoms with Crippen molar-refractivity contribution in [1.29, 1.82) is 0 Å². The van der Waals surface area contributed by atoms with Crippen LogP contribution in [0, 0.1) is 0 Å². The molecular formula is C28H62N2O2Sn. The molecule has 4 nitrogen and oxygen atoms in total. The Labute approximate surface area is 219 Å². The van der Waals surface area contributed by atoms with Gasteiger partial charge in [0.1, 0.15) is 0 Å². The Morgan fingerprint density at radius 2 is 0.636 bits per heavy atom. The fourth-order valence-corrected chi connectivity index (χ4v) is 7.17. The first-order valence-electron chi connectivity index (χ1n) is 14.5. The summed E-state index contributed by atoms with van der Waals surface area (Å²) in [6.07, 6.45) is 29.8. The van der Waals surface area contributed by atoms with Gasteiger partial charge in [0.15, 0.2) is 0 Å². The molecular weight excluding hydrogens is 515 g/mol. The molecule has 0 aliphatic rings.